The Kier molecular flexibility index (Phi) is 5.56. The van der Waals surface area contributed by atoms with Crippen molar-refractivity contribution in [1.29, 1.82) is 0 Å². The first-order valence-electron chi connectivity index (χ1n) is 9.58. The lowest BCUT2D eigenvalue weighted by Gasteiger charge is -2.24. The number of Topliss-reactive ketones (excluding diaryl/α,β-unsaturated/α-hetero) is 1. The highest BCUT2D eigenvalue weighted by Gasteiger charge is 2.29. The Morgan fingerprint density at radius 2 is 1.90 bits per heavy atom. The quantitative estimate of drug-likeness (QED) is 0.632. The number of nitrogens with one attached hydrogen (secondary N) is 1. The Morgan fingerprint density at radius 3 is 2.53 bits per heavy atom. The number of aromatic nitrogens is 2. The number of benzene rings is 1. The van der Waals surface area contributed by atoms with E-state index in [4.69, 9.17) is 18.6 Å². The fraction of sp³-hybridized carbons (Fsp3) is 0.318. The van der Waals surface area contributed by atoms with Crippen LogP contribution in [0, 0.1) is 0 Å². The summed E-state index contributed by atoms with van der Waals surface area (Å²) in [6.07, 6.45) is 4.19. The molecule has 30 heavy (non-hydrogen) atoms. The van der Waals surface area contributed by atoms with Crippen LogP contribution in [-0.4, -0.2) is 37.1 Å². The molecule has 1 aliphatic carbocycles. The zero-order chi connectivity index (χ0) is 21.1. The van der Waals surface area contributed by atoms with E-state index in [1.165, 1.54) is 0 Å². The molecule has 0 spiro atoms. The third-order valence-corrected chi connectivity index (χ3v) is 5.20. The maximum Gasteiger partial charge on any atom is 0.223 e. The lowest BCUT2D eigenvalue weighted by atomic mass is 9.82. The Hall–Kier alpha value is -3.55. The van der Waals surface area contributed by atoms with E-state index in [9.17, 15) is 4.79 Å². The molecule has 3 aromatic rings. The fourth-order valence-corrected chi connectivity index (χ4v) is 3.68. The summed E-state index contributed by atoms with van der Waals surface area (Å²) < 4.78 is 21.6. The van der Waals surface area contributed by atoms with Gasteiger partial charge in [0.25, 0.3) is 0 Å². The zero-order valence-corrected chi connectivity index (χ0v) is 17.1. The molecular formula is C22H23N3O5. The monoisotopic (exact) mass is 409 g/mol. The summed E-state index contributed by atoms with van der Waals surface area (Å²) >= 11 is 0. The van der Waals surface area contributed by atoms with Crippen molar-refractivity contribution in [3.8, 4) is 17.2 Å². The largest absolute Gasteiger partial charge is 0.493 e. The van der Waals surface area contributed by atoms with Crippen LogP contribution < -0.4 is 19.5 Å². The number of rotatable bonds is 7. The molecular weight excluding hydrogens is 386 g/mol. The lowest BCUT2D eigenvalue weighted by molar-refractivity contribution is 0.0962. The third kappa shape index (κ3) is 3.80. The average molecular weight is 409 g/mol. The van der Waals surface area contributed by atoms with Gasteiger partial charge in [-0.2, -0.15) is 0 Å². The van der Waals surface area contributed by atoms with Crippen LogP contribution in [-0.2, 0) is 13.0 Å². The van der Waals surface area contributed by atoms with E-state index in [1.807, 2.05) is 24.3 Å². The smallest absolute Gasteiger partial charge is 0.223 e. The zero-order valence-electron chi connectivity index (χ0n) is 17.1. The van der Waals surface area contributed by atoms with Crippen molar-refractivity contribution in [2.24, 2.45) is 0 Å². The maximum absolute atomic E-state index is 12.8. The van der Waals surface area contributed by atoms with Crippen molar-refractivity contribution in [3.63, 3.8) is 0 Å². The number of nitrogens with zero attached hydrogens (tertiary/aromatic N) is 2. The van der Waals surface area contributed by atoms with E-state index in [1.54, 1.807) is 33.8 Å². The van der Waals surface area contributed by atoms with Crippen molar-refractivity contribution in [3.05, 3.63) is 59.3 Å². The van der Waals surface area contributed by atoms with Gasteiger partial charge >= 0.3 is 0 Å². The number of carbonyl (C=O) groups excluding carboxylic acids is 1. The minimum atomic E-state index is -0.0495. The average Bonchev–Trinajstić information content (AvgIpc) is 3.30. The second-order valence-electron chi connectivity index (χ2n) is 6.97. The first-order chi connectivity index (χ1) is 14.6. The number of methoxy groups -OCH3 is 3. The van der Waals surface area contributed by atoms with Gasteiger partial charge in [0.05, 0.1) is 45.4 Å². The third-order valence-electron chi connectivity index (χ3n) is 5.20. The van der Waals surface area contributed by atoms with Gasteiger partial charge in [0.1, 0.15) is 5.76 Å². The molecule has 1 aliphatic rings. The molecule has 0 unspecified atom stereocenters. The van der Waals surface area contributed by atoms with Crippen molar-refractivity contribution < 1.29 is 23.4 Å². The maximum atomic E-state index is 12.8. The van der Waals surface area contributed by atoms with Crippen LogP contribution in [0.2, 0.25) is 0 Å². The highest BCUT2D eigenvalue weighted by Crippen LogP contribution is 2.42. The number of hydrogen-bond donors (Lipinski definition) is 1. The van der Waals surface area contributed by atoms with Crippen molar-refractivity contribution in [2.75, 3.05) is 26.6 Å². The van der Waals surface area contributed by atoms with Gasteiger partial charge in [0, 0.05) is 12.6 Å². The molecule has 0 radical (unpaired) electrons. The molecule has 0 fully saturated rings. The number of furan rings is 1. The summed E-state index contributed by atoms with van der Waals surface area (Å²) in [5.74, 6) is 2.87. The van der Waals surface area contributed by atoms with E-state index < -0.39 is 0 Å². The summed E-state index contributed by atoms with van der Waals surface area (Å²) in [4.78, 5) is 21.6. The van der Waals surface area contributed by atoms with Crippen LogP contribution in [0.3, 0.4) is 0 Å². The number of anilines is 1. The molecule has 0 aliphatic heterocycles. The number of ether oxygens (including phenoxy) is 3. The molecule has 1 aromatic carbocycles. The molecule has 156 valence electrons. The van der Waals surface area contributed by atoms with E-state index in [-0.39, 0.29) is 11.7 Å². The molecule has 1 atom stereocenters. The minimum Gasteiger partial charge on any atom is -0.493 e. The van der Waals surface area contributed by atoms with E-state index in [2.05, 4.69) is 15.3 Å². The summed E-state index contributed by atoms with van der Waals surface area (Å²) in [6.45, 7) is 0.468. The van der Waals surface area contributed by atoms with Gasteiger partial charge in [-0.25, -0.2) is 9.97 Å². The Balaban J connectivity index is 1.60. The van der Waals surface area contributed by atoms with Gasteiger partial charge in [0.15, 0.2) is 17.3 Å². The summed E-state index contributed by atoms with van der Waals surface area (Å²) in [5.41, 5.74) is 2.23. The lowest BCUT2D eigenvalue weighted by Crippen LogP contribution is -2.21. The standard InChI is InChI=1S/C22H23N3O5/c1-27-19-9-14(10-20(28-2)21(19)29-3)13-7-17-16(18(26)8-13)12-24-22(25-17)23-11-15-5-4-6-30-15/h4-6,9-10,12-13H,7-8,11H2,1-3H3,(H,23,24,25)/t13-/m0/s1. The predicted molar refractivity (Wildman–Crippen MR) is 110 cm³/mol. The van der Waals surface area contributed by atoms with Crippen LogP contribution in [0.4, 0.5) is 5.95 Å². The van der Waals surface area contributed by atoms with Gasteiger partial charge in [-0.3, -0.25) is 4.79 Å². The van der Waals surface area contributed by atoms with Crippen LogP contribution in [0.25, 0.3) is 0 Å². The molecule has 4 rings (SSSR count). The topological polar surface area (TPSA) is 95.7 Å². The fourth-order valence-electron chi connectivity index (χ4n) is 3.68. The van der Waals surface area contributed by atoms with Crippen LogP contribution in [0.15, 0.2) is 41.1 Å². The predicted octanol–water partition coefficient (Wildman–Crippen LogP) is 3.62. The van der Waals surface area contributed by atoms with E-state index in [0.717, 1.165) is 17.0 Å². The number of hydrogen-bond acceptors (Lipinski definition) is 8. The molecule has 2 heterocycles. The van der Waals surface area contributed by atoms with E-state index in [0.29, 0.717) is 48.1 Å². The summed E-state index contributed by atoms with van der Waals surface area (Å²) in [6, 6.07) is 7.48. The first-order valence-corrected chi connectivity index (χ1v) is 9.58. The van der Waals surface area contributed by atoms with Crippen LogP contribution >= 0.6 is 0 Å². The van der Waals surface area contributed by atoms with Gasteiger partial charge < -0.3 is 23.9 Å². The summed E-state index contributed by atoms with van der Waals surface area (Å²) in [5, 5.41) is 3.13. The second kappa shape index (κ2) is 8.44. The molecule has 8 nitrogen and oxygen atoms in total. The minimum absolute atomic E-state index is 0.0209. The van der Waals surface area contributed by atoms with Gasteiger partial charge in [-0.15, -0.1) is 0 Å². The molecule has 8 heteroatoms. The molecule has 0 amide bonds. The van der Waals surface area contributed by atoms with E-state index >= 15 is 0 Å². The highest BCUT2D eigenvalue weighted by atomic mass is 16.5. The van der Waals surface area contributed by atoms with Crippen LogP contribution in [0.5, 0.6) is 17.2 Å². The second-order valence-corrected chi connectivity index (χ2v) is 6.97. The van der Waals surface area contributed by atoms with Crippen molar-refractivity contribution in [1.82, 2.24) is 9.97 Å². The molecule has 1 N–H and O–H groups in total. The van der Waals surface area contributed by atoms with Gasteiger partial charge in [0.2, 0.25) is 11.7 Å². The molecule has 2 aromatic heterocycles. The van der Waals surface area contributed by atoms with Gasteiger partial charge in [-0.05, 0) is 42.2 Å². The normalized spacial score (nSPS) is 15.4. The molecule has 0 saturated carbocycles. The number of carbonyl (C=O) groups is 1. The van der Waals surface area contributed by atoms with Crippen molar-refractivity contribution >= 4 is 11.7 Å². The highest BCUT2D eigenvalue weighted by molar-refractivity contribution is 5.98. The van der Waals surface area contributed by atoms with Gasteiger partial charge in [-0.1, -0.05) is 0 Å². The summed E-state index contributed by atoms with van der Waals surface area (Å²) in [7, 11) is 4.72. The molecule has 0 saturated heterocycles. The number of ketones is 1. The Morgan fingerprint density at radius 1 is 1.13 bits per heavy atom. The number of fused-ring (bicyclic) bond motifs is 1. The van der Waals surface area contributed by atoms with Crippen molar-refractivity contribution in [2.45, 2.75) is 25.3 Å². The van der Waals surface area contributed by atoms with Crippen LogP contribution in [0.1, 0.15) is 39.7 Å². The first kappa shape index (κ1) is 19.8. The Labute approximate surface area is 174 Å². The molecule has 0 bridgehead atoms. The SMILES string of the molecule is COc1cc([C@@H]2CC(=O)c3cnc(NCc4ccco4)nc3C2)cc(OC)c1OC. The Bertz CT molecular complexity index is 1020.